The van der Waals surface area contributed by atoms with Crippen LogP contribution in [-0.2, 0) is 4.79 Å². The molecule has 0 bridgehead atoms. The van der Waals surface area contributed by atoms with E-state index < -0.39 is 0 Å². The fraction of sp³-hybridized carbons (Fsp3) is 0.250. The van der Waals surface area contributed by atoms with Crippen molar-refractivity contribution in [2.24, 2.45) is 0 Å². The lowest BCUT2D eigenvalue weighted by Crippen LogP contribution is -2.12. The smallest absolute Gasteiger partial charge is 0.224 e. The standard InChI is InChI=1S/C16H17NO3S/c1-20-14-8-3-2-6-12(14)17-16(19)10-4-7-13(18)15-9-5-11-21-15/h2-3,5-6,8-9,11H,4,7,10H2,1H3,(H,17,19). The summed E-state index contributed by atoms with van der Waals surface area (Å²) in [6, 6.07) is 10.9. The minimum absolute atomic E-state index is 0.0927. The van der Waals surface area contributed by atoms with Crippen molar-refractivity contribution in [3.8, 4) is 5.75 Å². The van der Waals surface area contributed by atoms with E-state index in [9.17, 15) is 9.59 Å². The average Bonchev–Trinajstić information content (AvgIpc) is 3.02. The lowest BCUT2D eigenvalue weighted by Gasteiger charge is -2.09. The minimum Gasteiger partial charge on any atom is -0.495 e. The SMILES string of the molecule is COc1ccccc1NC(=O)CCCC(=O)c1cccs1. The summed E-state index contributed by atoms with van der Waals surface area (Å²) in [5, 5.41) is 4.67. The molecule has 1 amide bonds. The van der Waals surface area contributed by atoms with Gasteiger partial charge in [0.05, 0.1) is 17.7 Å². The summed E-state index contributed by atoms with van der Waals surface area (Å²) in [5.41, 5.74) is 0.648. The molecular weight excluding hydrogens is 286 g/mol. The number of ketones is 1. The molecule has 0 aliphatic rings. The summed E-state index contributed by atoms with van der Waals surface area (Å²) in [5.74, 6) is 0.606. The number of para-hydroxylation sites is 2. The predicted octanol–water partition coefficient (Wildman–Crippen LogP) is 3.75. The summed E-state index contributed by atoms with van der Waals surface area (Å²) in [7, 11) is 1.56. The number of benzene rings is 1. The highest BCUT2D eigenvalue weighted by Gasteiger charge is 2.10. The molecule has 110 valence electrons. The van der Waals surface area contributed by atoms with Gasteiger partial charge in [0.1, 0.15) is 5.75 Å². The van der Waals surface area contributed by atoms with E-state index in [2.05, 4.69) is 5.32 Å². The third-order valence-electron chi connectivity index (χ3n) is 2.98. The molecule has 0 unspecified atom stereocenters. The molecule has 1 heterocycles. The van der Waals surface area contributed by atoms with E-state index in [0.29, 0.717) is 30.7 Å². The molecule has 0 spiro atoms. The summed E-state index contributed by atoms with van der Waals surface area (Å²) in [6.07, 6.45) is 1.24. The van der Waals surface area contributed by atoms with E-state index in [1.807, 2.05) is 29.6 Å². The van der Waals surface area contributed by atoms with Crippen molar-refractivity contribution in [3.05, 3.63) is 46.7 Å². The fourth-order valence-electron chi connectivity index (χ4n) is 1.93. The van der Waals surface area contributed by atoms with Gasteiger partial charge in [-0.2, -0.15) is 0 Å². The Morgan fingerprint density at radius 2 is 1.95 bits per heavy atom. The Hall–Kier alpha value is -2.14. The molecule has 1 aromatic carbocycles. The Morgan fingerprint density at radius 1 is 1.14 bits per heavy atom. The third kappa shape index (κ3) is 4.43. The van der Waals surface area contributed by atoms with Crippen molar-refractivity contribution in [2.75, 3.05) is 12.4 Å². The summed E-state index contributed by atoms with van der Waals surface area (Å²) < 4.78 is 5.17. The van der Waals surface area contributed by atoms with Crippen molar-refractivity contribution in [2.45, 2.75) is 19.3 Å². The highest BCUT2D eigenvalue weighted by atomic mass is 32.1. The monoisotopic (exact) mass is 303 g/mol. The van der Waals surface area contributed by atoms with Gasteiger partial charge in [-0.1, -0.05) is 18.2 Å². The second kappa shape index (κ2) is 7.59. The van der Waals surface area contributed by atoms with Gasteiger partial charge in [-0.05, 0) is 30.0 Å². The summed E-state index contributed by atoms with van der Waals surface area (Å²) in [4.78, 5) is 24.4. The Bertz CT molecular complexity index is 608. The van der Waals surface area contributed by atoms with E-state index >= 15 is 0 Å². The lowest BCUT2D eigenvalue weighted by molar-refractivity contribution is -0.116. The van der Waals surface area contributed by atoms with Gasteiger partial charge in [-0.25, -0.2) is 0 Å². The van der Waals surface area contributed by atoms with Crippen LogP contribution in [-0.4, -0.2) is 18.8 Å². The number of ether oxygens (including phenoxy) is 1. The highest BCUT2D eigenvalue weighted by Crippen LogP contribution is 2.23. The van der Waals surface area contributed by atoms with Gasteiger partial charge in [0, 0.05) is 12.8 Å². The second-order valence-electron chi connectivity index (χ2n) is 4.50. The Balaban J connectivity index is 1.79. The van der Waals surface area contributed by atoms with E-state index in [0.717, 1.165) is 4.88 Å². The number of thiophene rings is 1. The van der Waals surface area contributed by atoms with Crippen molar-refractivity contribution in [1.82, 2.24) is 0 Å². The van der Waals surface area contributed by atoms with Crippen LogP contribution in [0, 0.1) is 0 Å². The van der Waals surface area contributed by atoms with Crippen LogP contribution in [0.2, 0.25) is 0 Å². The van der Waals surface area contributed by atoms with Crippen LogP contribution in [0.1, 0.15) is 28.9 Å². The van der Waals surface area contributed by atoms with Crippen LogP contribution < -0.4 is 10.1 Å². The largest absolute Gasteiger partial charge is 0.495 e. The van der Waals surface area contributed by atoms with Crippen LogP contribution in [0.5, 0.6) is 5.75 Å². The maximum atomic E-state index is 11.9. The Kier molecular flexibility index (Phi) is 5.51. The maximum absolute atomic E-state index is 11.9. The number of carbonyl (C=O) groups excluding carboxylic acids is 2. The summed E-state index contributed by atoms with van der Waals surface area (Å²) >= 11 is 1.43. The van der Waals surface area contributed by atoms with Gasteiger partial charge in [0.15, 0.2) is 5.78 Å². The zero-order valence-electron chi connectivity index (χ0n) is 11.8. The molecule has 0 saturated carbocycles. The first-order valence-corrected chi connectivity index (χ1v) is 7.58. The molecule has 0 aliphatic carbocycles. The molecule has 5 heteroatoms. The number of anilines is 1. The van der Waals surface area contributed by atoms with Crippen LogP contribution in [0.4, 0.5) is 5.69 Å². The lowest BCUT2D eigenvalue weighted by atomic mass is 10.1. The number of amides is 1. The second-order valence-corrected chi connectivity index (χ2v) is 5.45. The number of Topliss-reactive ketones (excluding diaryl/α,β-unsaturated/α-hetero) is 1. The molecular formula is C16H17NO3S. The van der Waals surface area contributed by atoms with Gasteiger partial charge < -0.3 is 10.1 Å². The number of rotatable bonds is 7. The van der Waals surface area contributed by atoms with Crippen molar-refractivity contribution < 1.29 is 14.3 Å². The maximum Gasteiger partial charge on any atom is 0.224 e. The first kappa shape index (κ1) is 15.3. The quantitative estimate of drug-likeness (QED) is 0.793. The van der Waals surface area contributed by atoms with Crippen molar-refractivity contribution in [3.63, 3.8) is 0 Å². The van der Waals surface area contributed by atoms with E-state index in [-0.39, 0.29) is 11.7 Å². The van der Waals surface area contributed by atoms with Gasteiger partial charge >= 0.3 is 0 Å². The average molecular weight is 303 g/mol. The van der Waals surface area contributed by atoms with Gasteiger partial charge in [0.25, 0.3) is 0 Å². The molecule has 1 N–H and O–H groups in total. The molecule has 2 aromatic rings. The zero-order valence-corrected chi connectivity index (χ0v) is 12.6. The van der Waals surface area contributed by atoms with Gasteiger partial charge in [0.2, 0.25) is 5.91 Å². The van der Waals surface area contributed by atoms with Crippen molar-refractivity contribution in [1.29, 1.82) is 0 Å². The molecule has 0 aliphatic heterocycles. The first-order valence-electron chi connectivity index (χ1n) is 6.70. The van der Waals surface area contributed by atoms with Crippen LogP contribution in [0.3, 0.4) is 0 Å². The number of methoxy groups -OCH3 is 1. The first-order chi connectivity index (χ1) is 10.2. The van der Waals surface area contributed by atoms with Gasteiger partial charge in [-0.15, -0.1) is 11.3 Å². The molecule has 0 atom stereocenters. The zero-order chi connectivity index (χ0) is 15.1. The predicted molar refractivity (Wildman–Crippen MR) is 84.1 cm³/mol. The van der Waals surface area contributed by atoms with Crippen LogP contribution >= 0.6 is 11.3 Å². The van der Waals surface area contributed by atoms with Crippen LogP contribution in [0.25, 0.3) is 0 Å². The topological polar surface area (TPSA) is 55.4 Å². The number of hydrogen-bond acceptors (Lipinski definition) is 4. The molecule has 21 heavy (non-hydrogen) atoms. The number of carbonyl (C=O) groups is 2. The Labute approximate surface area is 127 Å². The van der Waals surface area contributed by atoms with E-state index in [1.54, 1.807) is 19.2 Å². The van der Waals surface area contributed by atoms with E-state index in [4.69, 9.17) is 4.74 Å². The van der Waals surface area contributed by atoms with Crippen molar-refractivity contribution >= 4 is 28.7 Å². The fourth-order valence-corrected chi connectivity index (χ4v) is 2.62. The molecule has 4 nitrogen and oxygen atoms in total. The molecule has 1 aromatic heterocycles. The normalized spacial score (nSPS) is 10.1. The number of nitrogens with one attached hydrogen (secondary N) is 1. The molecule has 0 radical (unpaired) electrons. The molecule has 0 saturated heterocycles. The molecule has 0 fully saturated rings. The summed E-state index contributed by atoms with van der Waals surface area (Å²) in [6.45, 7) is 0. The van der Waals surface area contributed by atoms with E-state index in [1.165, 1.54) is 11.3 Å². The molecule has 2 rings (SSSR count). The third-order valence-corrected chi connectivity index (χ3v) is 3.90. The highest BCUT2D eigenvalue weighted by molar-refractivity contribution is 7.12. The minimum atomic E-state index is -0.113. The number of hydrogen-bond donors (Lipinski definition) is 1. The Morgan fingerprint density at radius 3 is 2.67 bits per heavy atom. The van der Waals surface area contributed by atoms with Crippen LogP contribution in [0.15, 0.2) is 41.8 Å². The van der Waals surface area contributed by atoms with Gasteiger partial charge in [-0.3, -0.25) is 9.59 Å².